The number of aryl methyl sites for hydroxylation is 2. The molecule has 0 aliphatic carbocycles. The lowest BCUT2D eigenvalue weighted by Crippen LogP contribution is -2.28. The van der Waals surface area contributed by atoms with Gasteiger partial charge in [-0.2, -0.15) is 0 Å². The van der Waals surface area contributed by atoms with Crippen LogP contribution in [0.4, 0.5) is 0 Å². The molecule has 0 amide bonds. The number of nitrogens with one attached hydrogen (secondary N) is 1. The van der Waals surface area contributed by atoms with Gasteiger partial charge < -0.3 is 5.11 Å². The Morgan fingerprint density at radius 1 is 1.23 bits per heavy atom. The van der Waals surface area contributed by atoms with Gasteiger partial charge >= 0.3 is 0 Å². The molecule has 0 aliphatic rings. The summed E-state index contributed by atoms with van der Waals surface area (Å²) in [5.74, 6) is 0. The third-order valence-electron chi connectivity index (χ3n) is 3.17. The first-order valence-corrected chi connectivity index (χ1v) is 9.51. The van der Waals surface area contributed by atoms with Crippen LogP contribution in [0.25, 0.3) is 0 Å². The Balaban J connectivity index is 2.19. The standard InChI is InChI=1S/C14H15Cl2NO3S2/c1-8-3-4-21-14(8)12(18)7-17-22(19,20)13-5-9(2)10(15)6-11(13)16/h3-6,12,17-18H,7H2,1-2H3/t12-/m0/s1. The maximum atomic E-state index is 12.3. The van der Waals surface area contributed by atoms with E-state index in [0.717, 1.165) is 10.4 Å². The fourth-order valence-corrected chi connectivity index (χ4v) is 4.70. The summed E-state index contributed by atoms with van der Waals surface area (Å²) in [6.45, 7) is 3.44. The van der Waals surface area contributed by atoms with Gasteiger partial charge in [0.1, 0.15) is 11.0 Å². The highest BCUT2D eigenvalue weighted by molar-refractivity contribution is 7.89. The Hall–Kier alpha value is -0.630. The SMILES string of the molecule is Cc1cc(S(=O)(=O)NC[C@H](O)c2sccc2C)c(Cl)cc1Cl. The lowest BCUT2D eigenvalue weighted by Gasteiger charge is -2.13. The Morgan fingerprint density at radius 3 is 2.50 bits per heavy atom. The zero-order valence-corrected chi connectivity index (χ0v) is 15.1. The lowest BCUT2D eigenvalue weighted by molar-refractivity contribution is 0.185. The molecule has 0 bridgehead atoms. The summed E-state index contributed by atoms with van der Waals surface area (Å²) in [7, 11) is -3.83. The van der Waals surface area contributed by atoms with E-state index in [1.165, 1.54) is 23.5 Å². The maximum Gasteiger partial charge on any atom is 0.242 e. The van der Waals surface area contributed by atoms with Gasteiger partial charge in [0.05, 0.1) is 5.02 Å². The van der Waals surface area contributed by atoms with Crippen LogP contribution >= 0.6 is 34.5 Å². The largest absolute Gasteiger partial charge is 0.386 e. The fourth-order valence-electron chi connectivity index (χ4n) is 1.92. The first-order valence-electron chi connectivity index (χ1n) is 6.39. The van der Waals surface area contributed by atoms with Crippen molar-refractivity contribution in [3.05, 3.63) is 49.6 Å². The molecule has 1 aromatic carbocycles. The van der Waals surface area contributed by atoms with E-state index in [4.69, 9.17) is 23.2 Å². The van der Waals surface area contributed by atoms with Crippen molar-refractivity contribution in [2.45, 2.75) is 24.8 Å². The molecule has 0 radical (unpaired) electrons. The van der Waals surface area contributed by atoms with Gasteiger partial charge in [-0.3, -0.25) is 0 Å². The molecule has 120 valence electrons. The van der Waals surface area contributed by atoms with Crippen LogP contribution < -0.4 is 4.72 Å². The predicted molar refractivity (Wildman–Crippen MR) is 90.4 cm³/mol. The van der Waals surface area contributed by atoms with Crippen molar-refractivity contribution in [1.82, 2.24) is 4.72 Å². The second-order valence-corrected chi connectivity index (χ2v) is 8.36. The smallest absolute Gasteiger partial charge is 0.242 e. The quantitative estimate of drug-likeness (QED) is 0.832. The number of thiophene rings is 1. The molecule has 0 spiro atoms. The third-order valence-corrected chi connectivity index (χ3v) is 6.59. The molecule has 0 unspecified atom stereocenters. The van der Waals surface area contributed by atoms with Gasteiger partial charge in [0.25, 0.3) is 0 Å². The molecule has 0 fully saturated rings. The topological polar surface area (TPSA) is 66.4 Å². The Labute approximate surface area is 143 Å². The maximum absolute atomic E-state index is 12.3. The van der Waals surface area contributed by atoms with Crippen LogP contribution in [0, 0.1) is 13.8 Å². The van der Waals surface area contributed by atoms with E-state index in [-0.39, 0.29) is 16.5 Å². The van der Waals surface area contributed by atoms with Gasteiger partial charge in [0.2, 0.25) is 10.0 Å². The van der Waals surface area contributed by atoms with Gasteiger partial charge in [-0.25, -0.2) is 13.1 Å². The van der Waals surface area contributed by atoms with Crippen LogP contribution in [0.3, 0.4) is 0 Å². The second-order valence-electron chi connectivity index (χ2n) is 4.87. The Morgan fingerprint density at radius 2 is 1.91 bits per heavy atom. The average Bonchev–Trinajstić information content (AvgIpc) is 2.86. The van der Waals surface area contributed by atoms with Crippen LogP contribution in [-0.2, 0) is 10.0 Å². The van der Waals surface area contributed by atoms with Crippen LogP contribution in [-0.4, -0.2) is 20.1 Å². The van der Waals surface area contributed by atoms with Crippen LogP contribution in [0.1, 0.15) is 22.1 Å². The van der Waals surface area contributed by atoms with Gasteiger partial charge in [-0.15, -0.1) is 11.3 Å². The van der Waals surface area contributed by atoms with Crippen molar-refractivity contribution in [2.75, 3.05) is 6.54 Å². The van der Waals surface area contributed by atoms with E-state index in [2.05, 4.69) is 4.72 Å². The summed E-state index contributed by atoms with van der Waals surface area (Å²) in [5.41, 5.74) is 1.54. The molecular formula is C14H15Cl2NO3S2. The summed E-state index contributed by atoms with van der Waals surface area (Å²) in [4.78, 5) is 0.687. The number of aliphatic hydroxyl groups excluding tert-OH is 1. The van der Waals surface area contributed by atoms with Crippen LogP contribution in [0.5, 0.6) is 0 Å². The minimum atomic E-state index is -3.83. The molecule has 2 aromatic rings. The molecule has 4 nitrogen and oxygen atoms in total. The van der Waals surface area contributed by atoms with Crippen molar-refractivity contribution in [3.63, 3.8) is 0 Å². The van der Waals surface area contributed by atoms with Crippen LogP contribution in [0.15, 0.2) is 28.5 Å². The van der Waals surface area contributed by atoms with E-state index >= 15 is 0 Å². The van der Waals surface area contributed by atoms with Gasteiger partial charge in [-0.1, -0.05) is 23.2 Å². The molecule has 0 aliphatic heterocycles. The average molecular weight is 380 g/mol. The number of rotatable bonds is 5. The number of hydrogen-bond acceptors (Lipinski definition) is 4. The van der Waals surface area contributed by atoms with Crippen molar-refractivity contribution in [3.8, 4) is 0 Å². The number of hydrogen-bond donors (Lipinski definition) is 2. The highest BCUT2D eigenvalue weighted by Gasteiger charge is 2.21. The van der Waals surface area contributed by atoms with Gasteiger partial charge in [-0.05, 0) is 48.6 Å². The fraction of sp³-hybridized carbons (Fsp3) is 0.286. The van der Waals surface area contributed by atoms with Gasteiger partial charge in [0, 0.05) is 16.4 Å². The summed E-state index contributed by atoms with van der Waals surface area (Å²) in [6.07, 6.45) is -0.901. The normalized spacial score (nSPS) is 13.3. The number of benzene rings is 1. The van der Waals surface area contributed by atoms with Crippen molar-refractivity contribution >= 4 is 44.6 Å². The van der Waals surface area contributed by atoms with E-state index in [9.17, 15) is 13.5 Å². The van der Waals surface area contributed by atoms with E-state index in [1.54, 1.807) is 6.92 Å². The second kappa shape index (κ2) is 6.86. The molecule has 22 heavy (non-hydrogen) atoms. The van der Waals surface area contributed by atoms with Crippen molar-refractivity contribution < 1.29 is 13.5 Å². The van der Waals surface area contributed by atoms with Crippen molar-refractivity contribution in [1.29, 1.82) is 0 Å². The molecule has 1 atom stereocenters. The molecule has 1 heterocycles. The Kier molecular flexibility index (Phi) is 5.53. The zero-order chi connectivity index (χ0) is 16.5. The minimum Gasteiger partial charge on any atom is -0.386 e. The molecule has 8 heteroatoms. The summed E-state index contributed by atoms with van der Waals surface area (Å²) in [5, 5.41) is 12.4. The van der Waals surface area contributed by atoms with Crippen molar-refractivity contribution in [2.24, 2.45) is 0 Å². The summed E-state index contributed by atoms with van der Waals surface area (Å²) < 4.78 is 27.0. The van der Waals surface area contributed by atoms with E-state index < -0.39 is 16.1 Å². The molecule has 2 N–H and O–H groups in total. The molecule has 2 rings (SSSR count). The number of halogens is 2. The van der Waals surface area contributed by atoms with Gasteiger partial charge in [0.15, 0.2) is 0 Å². The lowest BCUT2D eigenvalue weighted by atomic mass is 10.2. The van der Waals surface area contributed by atoms with E-state index in [1.807, 2.05) is 18.4 Å². The Bertz CT molecular complexity index is 787. The summed E-state index contributed by atoms with van der Waals surface area (Å²) >= 11 is 13.3. The highest BCUT2D eigenvalue weighted by atomic mass is 35.5. The monoisotopic (exact) mass is 379 g/mol. The zero-order valence-electron chi connectivity index (χ0n) is 11.9. The number of sulfonamides is 1. The molecule has 0 saturated carbocycles. The first-order chi connectivity index (χ1) is 10.2. The van der Waals surface area contributed by atoms with E-state index in [0.29, 0.717) is 10.6 Å². The molecule has 1 aromatic heterocycles. The highest BCUT2D eigenvalue weighted by Crippen LogP contribution is 2.29. The number of aliphatic hydroxyl groups is 1. The van der Waals surface area contributed by atoms with Crippen LogP contribution in [0.2, 0.25) is 10.0 Å². The molecular weight excluding hydrogens is 365 g/mol. The predicted octanol–water partition coefficient (Wildman–Crippen LogP) is 3.68. The first kappa shape index (κ1) is 17.7. The minimum absolute atomic E-state index is 0.0462. The summed E-state index contributed by atoms with van der Waals surface area (Å²) in [6, 6.07) is 4.68. The molecule has 0 saturated heterocycles. The third kappa shape index (κ3) is 3.82.